The molecule has 0 aliphatic rings. The zero-order chi connectivity index (χ0) is 12.0. The Kier molecular flexibility index (Phi) is 5.18. The van der Waals surface area contributed by atoms with Crippen LogP contribution in [0.15, 0.2) is 24.3 Å². The van der Waals surface area contributed by atoms with E-state index in [1.54, 1.807) is 7.11 Å². The first kappa shape index (κ1) is 13.4. The molecule has 0 aliphatic carbocycles. The van der Waals surface area contributed by atoms with Crippen LogP contribution in [0.4, 0.5) is 0 Å². The molecule has 0 saturated heterocycles. The molecule has 3 heteroatoms. The van der Waals surface area contributed by atoms with Gasteiger partial charge in [0, 0.05) is 20.2 Å². The summed E-state index contributed by atoms with van der Waals surface area (Å²) < 4.78 is 4.99. The fraction of sp³-hybridized carbons (Fsp3) is 0.538. The molecule has 90 valence electrons. The molecule has 0 fully saturated rings. The summed E-state index contributed by atoms with van der Waals surface area (Å²) in [5, 5.41) is 4.87. The van der Waals surface area contributed by atoms with Gasteiger partial charge in [-0.25, -0.2) is 0 Å². The fourth-order valence-corrected chi connectivity index (χ4v) is 2.70. The fourth-order valence-electron chi connectivity index (χ4n) is 1.53. The third kappa shape index (κ3) is 4.47. The van der Waals surface area contributed by atoms with E-state index in [1.165, 1.54) is 10.8 Å². The second-order valence-corrected chi connectivity index (χ2v) is 10.2. The first-order valence-corrected chi connectivity index (χ1v) is 9.33. The molecule has 2 nitrogen and oxygen atoms in total. The first-order chi connectivity index (χ1) is 7.54. The maximum Gasteiger partial charge on any atom is 0.0775 e. The van der Waals surface area contributed by atoms with Crippen LogP contribution in [0.25, 0.3) is 0 Å². The normalized spacial score (nSPS) is 11.8. The Morgan fingerprint density at radius 2 is 1.75 bits per heavy atom. The van der Waals surface area contributed by atoms with Crippen molar-refractivity contribution in [2.75, 3.05) is 20.3 Å². The van der Waals surface area contributed by atoms with Gasteiger partial charge in [-0.3, -0.25) is 0 Å². The summed E-state index contributed by atoms with van der Waals surface area (Å²) in [6.07, 6.45) is 0. The van der Waals surface area contributed by atoms with E-state index in [1.807, 2.05) is 0 Å². The summed E-state index contributed by atoms with van der Waals surface area (Å²) in [6, 6.07) is 9.01. The van der Waals surface area contributed by atoms with Crippen molar-refractivity contribution in [3.8, 4) is 0 Å². The van der Waals surface area contributed by atoms with Gasteiger partial charge in [-0.05, 0) is 5.56 Å². The van der Waals surface area contributed by atoms with Crippen LogP contribution in [0.3, 0.4) is 0 Å². The number of hydrogen-bond donors (Lipinski definition) is 1. The van der Waals surface area contributed by atoms with E-state index in [0.717, 1.165) is 19.7 Å². The maximum atomic E-state index is 4.99. The largest absolute Gasteiger partial charge is 0.383 e. The molecule has 0 unspecified atom stereocenters. The molecule has 0 heterocycles. The molecule has 0 amide bonds. The molecule has 1 aromatic rings. The van der Waals surface area contributed by atoms with Crippen LogP contribution in [-0.2, 0) is 11.3 Å². The Labute approximate surface area is 100 Å². The van der Waals surface area contributed by atoms with E-state index in [0.29, 0.717) is 0 Å². The summed E-state index contributed by atoms with van der Waals surface area (Å²) in [4.78, 5) is 0. The number of rotatable bonds is 6. The second kappa shape index (κ2) is 6.18. The van der Waals surface area contributed by atoms with Gasteiger partial charge in [0.15, 0.2) is 0 Å². The first-order valence-electron chi connectivity index (χ1n) is 5.83. The predicted octanol–water partition coefficient (Wildman–Crippen LogP) is 1.97. The van der Waals surface area contributed by atoms with Crippen molar-refractivity contribution in [3.63, 3.8) is 0 Å². The van der Waals surface area contributed by atoms with Crippen molar-refractivity contribution >= 4 is 13.3 Å². The highest BCUT2D eigenvalue weighted by Crippen LogP contribution is 2.04. The number of ether oxygens (including phenoxy) is 1. The van der Waals surface area contributed by atoms with Gasteiger partial charge in [0.2, 0.25) is 0 Å². The van der Waals surface area contributed by atoms with Gasteiger partial charge in [-0.2, -0.15) is 0 Å². The topological polar surface area (TPSA) is 21.3 Å². The Bertz CT molecular complexity index is 303. The number of benzene rings is 1. The minimum Gasteiger partial charge on any atom is -0.383 e. The van der Waals surface area contributed by atoms with Crippen LogP contribution in [0.5, 0.6) is 0 Å². The molecule has 0 spiro atoms. The monoisotopic (exact) mass is 237 g/mol. The summed E-state index contributed by atoms with van der Waals surface area (Å²) in [7, 11) is 0.586. The highest BCUT2D eigenvalue weighted by molar-refractivity contribution is 6.88. The van der Waals surface area contributed by atoms with Crippen LogP contribution in [0.1, 0.15) is 5.56 Å². The number of hydrogen-bond acceptors (Lipinski definition) is 2. The predicted molar refractivity (Wildman–Crippen MR) is 73.0 cm³/mol. The van der Waals surface area contributed by atoms with Crippen molar-refractivity contribution in [2.45, 2.75) is 26.2 Å². The third-order valence-electron chi connectivity index (χ3n) is 2.63. The van der Waals surface area contributed by atoms with Gasteiger partial charge in [0.05, 0.1) is 14.7 Å². The summed E-state index contributed by atoms with van der Waals surface area (Å²) in [5.41, 5.74) is 1.35. The SMILES string of the molecule is COCCNCc1ccc([Si](C)(C)C)cc1. The molecule has 0 aliphatic heterocycles. The van der Waals surface area contributed by atoms with E-state index in [2.05, 4.69) is 49.2 Å². The lowest BCUT2D eigenvalue weighted by Crippen LogP contribution is -2.37. The standard InChI is InChI=1S/C13H23NOSi/c1-15-10-9-14-11-12-5-7-13(8-6-12)16(2,3)4/h5-8,14H,9-11H2,1-4H3. The quantitative estimate of drug-likeness (QED) is 0.603. The smallest absolute Gasteiger partial charge is 0.0775 e. The molecule has 1 aromatic carbocycles. The van der Waals surface area contributed by atoms with Gasteiger partial charge >= 0.3 is 0 Å². The summed E-state index contributed by atoms with van der Waals surface area (Å²) in [6.45, 7) is 9.73. The number of methoxy groups -OCH3 is 1. The van der Waals surface area contributed by atoms with E-state index >= 15 is 0 Å². The number of nitrogens with one attached hydrogen (secondary N) is 1. The van der Waals surface area contributed by atoms with Crippen LogP contribution in [0, 0.1) is 0 Å². The lowest BCUT2D eigenvalue weighted by Gasteiger charge is -2.16. The molecule has 0 saturated carbocycles. The summed E-state index contributed by atoms with van der Waals surface area (Å²) >= 11 is 0. The van der Waals surface area contributed by atoms with Gasteiger partial charge in [-0.1, -0.05) is 49.1 Å². The van der Waals surface area contributed by atoms with Crippen LogP contribution >= 0.6 is 0 Å². The van der Waals surface area contributed by atoms with Crippen LogP contribution in [-0.4, -0.2) is 28.3 Å². The zero-order valence-corrected chi connectivity index (χ0v) is 11.8. The van der Waals surface area contributed by atoms with Gasteiger partial charge in [-0.15, -0.1) is 0 Å². The zero-order valence-electron chi connectivity index (χ0n) is 10.8. The molecule has 0 radical (unpaired) electrons. The minimum absolute atomic E-state index is 0.771. The highest BCUT2D eigenvalue weighted by Gasteiger charge is 2.15. The lowest BCUT2D eigenvalue weighted by atomic mass is 10.2. The minimum atomic E-state index is -1.14. The molecular weight excluding hydrogens is 214 g/mol. The molecule has 16 heavy (non-hydrogen) atoms. The van der Waals surface area contributed by atoms with Crippen molar-refractivity contribution in [1.29, 1.82) is 0 Å². The Hall–Kier alpha value is -0.643. The van der Waals surface area contributed by atoms with Gasteiger partial charge < -0.3 is 10.1 Å². The van der Waals surface area contributed by atoms with Crippen molar-refractivity contribution < 1.29 is 4.74 Å². The van der Waals surface area contributed by atoms with Gasteiger partial charge in [0.1, 0.15) is 0 Å². The Morgan fingerprint density at radius 3 is 2.25 bits per heavy atom. The molecule has 0 atom stereocenters. The average molecular weight is 237 g/mol. The van der Waals surface area contributed by atoms with Gasteiger partial charge in [0.25, 0.3) is 0 Å². The van der Waals surface area contributed by atoms with E-state index < -0.39 is 8.07 Å². The van der Waals surface area contributed by atoms with Crippen molar-refractivity contribution in [2.24, 2.45) is 0 Å². The maximum absolute atomic E-state index is 4.99. The molecule has 0 aromatic heterocycles. The molecular formula is C13H23NOSi. The van der Waals surface area contributed by atoms with E-state index in [4.69, 9.17) is 4.74 Å². The highest BCUT2D eigenvalue weighted by atomic mass is 28.3. The molecule has 0 bridgehead atoms. The average Bonchev–Trinajstić information content (AvgIpc) is 2.24. The summed E-state index contributed by atoms with van der Waals surface area (Å²) in [5.74, 6) is 0. The third-order valence-corrected chi connectivity index (χ3v) is 4.70. The van der Waals surface area contributed by atoms with E-state index in [9.17, 15) is 0 Å². The Balaban J connectivity index is 2.46. The molecule has 1 N–H and O–H groups in total. The molecule has 1 rings (SSSR count). The van der Waals surface area contributed by atoms with E-state index in [-0.39, 0.29) is 0 Å². The lowest BCUT2D eigenvalue weighted by molar-refractivity contribution is 0.199. The van der Waals surface area contributed by atoms with Crippen molar-refractivity contribution in [3.05, 3.63) is 29.8 Å². The van der Waals surface area contributed by atoms with Crippen LogP contribution in [0.2, 0.25) is 19.6 Å². The van der Waals surface area contributed by atoms with Crippen molar-refractivity contribution in [1.82, 2.24) is 5.32 Å². The second-order valence-electron chi connectivity index (χ2n) is 5.12. The van der Waals surface area contributed by atoms with Crippen LogP contribution < -0.4 is 10.5 Å². The Morgan fingerprint density at radius 1 is 1.12 bits per heavy atom.